The van der Waals surface area contributed by atoms with Crippen LogP contribution in [0.4, 0.5) is 5.95 Å². The van der Waals surface area contributed by atoms with Gasteiger partial charge in [-0.2, -0.15) is 0 Å². The fourth-order valence-corrected chi connectivity index (χ4v) is 5.97. The SMILES string of the molecule is N=Cc1nc(NCc2ccc(Cl)c(Cl)c2)[nH]c(=O)c1CCCCC1CCCCC(CCc2cccnc2)CC1. The number of aromatic nitrogens is 3. The molecule has 6 nitrogen and oxygen atoms in total. The third kappa shape index (κ3) is 9.18. The Morgan fingerprint density at radius 2 is 1.77 bits per heavy atom. The number of rotatable bonds is 12. The van der Waals surface area contributed by atoms with Gasteiger partial charge in [0.15, 0.2) is 0 Å². The fraction of sp³-hybridized carbons (Fsp3) is 0.484. The quantitative estimate of drug-likeness (QED) is 0.152. The van der Waals surface area contributed by atoms with Crippen LogP contribution in [0, 0.1) is 17.2 Å². The molecule has 0 aliphatic heterocycles. The second kappa shape index (κ2) is 15.2. The molecule has 39 heavy (non-hydrogen) atoms. The summed E-state index contributed by atoms with van der Waals surface area (Å²) in [5, 5.41) is 11.9. The minimum Gasteiger partial charge on any atom is -0.352 e. The van der Waals surface area contributed by atoms with E-state index < -0.39 is 0 Å². The molecule has 0 amide bonds. The van der Waals surface area contributed by atoms with E-state index in [1.807, 2.05) is 24.5 Å². The van der Waals surface area contributed by atoms with Gasteiger partial charge in [0, 0.05) is 30.7 Å². The maximum Gasteiger partial charge on any atom is 0.256 e. The number of H-pyrrole nitrogens is 1. The van der Waals surface area contributed by atoms with Crippen molar-refractivity contribution in [2.45, 2.75) is 83.6 Å². The van der Waals surface area contributed by atoms with Crippen molar-refractivity contribution in [3.63, 3.8) is 0 Å². The van der Waals surface area contributed by atoms with Gasteiger partial charge in [0.1, 0.15) is 0 Å². The van der Waals surface area contributed by atoms with E-state index in [4.69, 9.17) is 28.6 Å². The summed E-state index contributed by atoms with van der Waals surface area (Å²) >= 11 is 12.1. The first-order valence-electron chi connectivity index (χ1n) is 14.2. The van der Waals surface area contributed by atoms with Crippen LogP contribution in [0.2, 0.25) is 10.0 Å². The van der Waals surface area contributed by atoms with E-state index in [0.29, 0.717) is 40.2 Å². The molecule has 1 aliphatic rings. The number of benzene rings is 1. The molecule has 2 aromatic heterocycles. The van der Waals surface area contributed by atoms with Gasteiger partial charge in [-0.05, 0) is 66.8 Å². The van der Waals surface area contributed by atoms with Gasteiger partial charge in [-0.15, -0.1) is 0 Å². The van der Waals surface area contributed by atoms with Crippen LogP contribution < -0.4 is 10.9 Å². The Bertz CT molecular complexity index is 1260. The molecule has 3 aromatic rings. The molecule has 1 aromatic carbocycles. The number of pyridine rings is 1. The molecule has 3 N–H and O–H groups in total. The van der Waals surface area contributed by atoms with Crippen molar-refractivity contribution in [3.05, 3.63) is 85.5 Å². The Kier molecular flexibility index (Phi) is 11.4. The van der Waals surface area contributed by atoms with Gasteiger partial charge in [-0.25, -0.2) is 4.98 Å². The Labute approximate surface area is 241 Å². The molecule has 2 heterocycles. The Balaban J connectivity index is 1.23. The topological polar surface area (TPSA) is 94.5 Å². The third-order valence-electron chi connectivity index (χ3n) is 7.94. The lowest BCUT2D eigenvalue weighted by molar-refractivity contribution is 0.286. The molecule has 2 unspecified atom stereocenters. The molecule has 2 atom stereocenters. The summed E-state index contributed by atoms with van der Waals surface area (Å²) in [4.78, 5) is 24.4. The van der Waals surface area contributed by atoms with Crippen molar-refractivity contribution in [1.29, 1.82) is 5.41 Å². The lowest BCUT2D eigenvalue weighted by Crippen LogP contribution is -2.20. The smallest absolute Gasteiger partial charge is 0.256 e. The zero-order valence-electron chi connectivity index (χ0n) is 22.5. The van der Waals surface area contributed by atoms with Crippen LogP contribution in [0.5, 0.6) is 0 Å². The van der Waals surface area contributed by atoms with Gasteiger partial charge < -0.3 is 10.7 Å². The van der Waals surface area contributed by atoms with E-state index >= 15 is 0 Å². The van der Waals surface area contributed by atoms with E-state index in [1.165, 1.54) is 63.1 Å². The Morgan fingerprint density at radius 3 is 2.49 bits per heavy atom. The van der Waals surface area contributed by atoms with Gasteiger partial charge in [0.05, 0.1) is 15.7 Å². The number of unbranched alkanes of at least 4 members (excludes halogenated alkanes) is 1. The summed E-state index contributed by atoms with van der Waals surface area (Å²) in [5.41, 5.74) is 3.11. The Hall–Kier alpha value is -2.70. The molecule has 4 rings (SSSR count). The van der Waals surface area contributed by atoms with E-state index in [1.54, 1.807) is 12.1 Å². The summed E-state index contributed by atoms with van der Waals surface area (Å²) in [6, 6.07) is 9.60. The van der Waals surface area contributed by atoms with Crippen molar-refractivity contribution in [2.24, 2.45) is 11.8 Å². The summed E-state index contributed by atoms with van der Waals surface area (Å²) in [7, 11) is 0. The maximum atomic E-state index is 12.8. The lowest BCUT2D eigenvalue weighted by Gasteiger charge is -2.25. The number of nitrogens with zero attached hydrogens (tertiary/aromatic N) is 2. The van der Waals surface area contributed by atoms with Gasteiger partial charge in [-0.3, -0.25) is 14.8 Å². The molecule has 1 aliphatic carbocycles. The van der Waals surface area contributed by atoms with Gasteiger partial charge in [0.25, 0.3) is 5.56 Å². The van der Waals surface area contributed by atoms with E-state index in [9.17, 15) is 4.79 Å². The van der Waals surface area contributed by atoms with E-state index in [-0.39, 0.29) is 5.56 Å². The van der Waals surface area contributed by atoms with Crippen LogP contribution in [0.3, 0.4) is 0 Å². The minimum atomic E-state index is -0.178. The van der Waals surface area contributed by atoms with Crippen molar-refractivity contribution in [3.8, 4) is 0 Å². The third-order valence-corrected chi connectivity index (χ3v) is 8.68. The van der Waals surface area contributed by atoms with Crippen LogP contribution in [-0.4, -0.2) is 21.2 Å². The normalized spacial score (nSPS) is 17.8. The monoisotopic (exact) mass is 567 g/mol. The summed E-state index contributed by atoms with van der Waals surface area (Å²) in [6.07, 6.45) is 19.3. The maximum absolute atomic E-state index is 12.8. The highest BCUT2D eigenvalue weighted by atomic mass is 35.5. The number of halogens is 2. The summed E-state index contributed by atoms with van der Waals surface area (Å²) in [5.74, 6) is 1.94. The number of hydrogen-bond donors (Lipinski definition) is 3. The first kappa shape index (κ1) is 29.3. The number of nitrogens with one attached hydrogen (secondary N) is 3. The zero-order valence-corrected chi connectivity index (χ0v) is 24.0. The van der Waals surface area contributed by atoms with Crippen LogP contribution in [0.1, 0.15) is 86.6 Å². The zero-order chi connectivity index (χ0) is 27.5. The molecule has 0 spiro atoms. The molecule has 1 saturated carbocycles. The van der Waals surface area contributed by atoms with Crippen LogP contribution >= 0.6 is 23.2 Å². The predicted molar refractivity (Wildman–Crippen MR) is 161 cm³/mol. The van der Waals surface area contributed by atoms with Gasteiger partial charge >= 0.3 is 0 Å². The van der Waals surface area contributed by atoms with Crippen molar-refractivity contribution in [2.75, 3.05) is 5.32 Å². The average Bonchev–Trinajstić information content (AvgIpc) is 2.93. The van der Waals surface area contributed by atoms with Crippen LogP contribution in [0.15, 0.2) is 47.5 Å². The fourth-order valence-electron chi connectivity index (χ4n) is 5.65. The van der Waals surface area contributed by atoms with Crippen molar-refractivity contribution in [1.82, 2.24) is 15.0 Å². The standard InChI is InChI=1S/C31H39Cl2N5O/c32-27-16-15-25(18-28(27)33)21-36-31-37-29(19-34)26(30(39)38-31)10-4-3-7-22-6-1-2-8-23(12-11-22)13-14-24-9-5-17-35-20-24/h5,9,15-20,22-23,34H,1-4,6-8,10-14,21H2,(H2,36,37,38,39). The Morgan fingerprint density at radius 1 is 0.974 bits per heavy atom. The summed E-state index contributed by atoms with van der Waals surface area (Å²) < 4.78 is 0. The van der Waals surface area contributed by atoms with E-state index in [0.717, 1.165) is 36.7 Å². The number of anilines is 1. The highest BCUT2D eigenvalue weighted by Gasteiger charge is 2.18. The molecule has 1 fully saturated rings. The summed E-state index contributed by atoms with van der Waals surface area (Å²) in [6.45, 7) is 0.433. The van der Waals surface area contributed by atoms with Gasteiger partial charge in [0.2, 0.25) is 5.95 Å². The number of hydrogen-bond acceptors (Lipinski definition) is 5. The first-order valence-corrected chi connectivity index (χ1v) is 15.0. The number of aromatic amines is 1. The largest absolute Gasteiger partial charge is 0.352 e. The molecular formula is C31H39Cl2N5O. The number of aryl methyl sites for hydroxylation is 1. The molecular weight excluding hydrogens is 529 g/mol. The molecule has 0 radical (unpaired) electrons. The van der Waals surface area contributed by atoms with E-state index in [2.05, 4.69) is 26.3 Å². The van der Waals surface area contributed by atoms with Gasteiger partial charge in [-0.1, -0.05) is 86.7 Å². The molecule has 0 bridgehead atoms. The minimum absolute atomic E-state index is 0.178. The highest BCUT2D eigenvalue weighted by Crippen LogP contribution is 2.31. The van der Waals surface area contributed by atoms with Crippen molar-refractivity contribution < 1.29 is 0 Å². The second-order valence-corrected chi connectivity index (χ2v) is 11.6. The van der Waals surface area contributed by atoms with Crippen LogP contribution in [-0.2, 0) is 19.4 Å². The molecule has 8 heteroatoms. The van der Waals surface area contributed by atoms with Crippen molar-refractivity contribution >= 4 is 35.4 Å². The average molecular weight is 569 g/mol. The predicted octanol–water partition coefficient (Wildman–Crippen LogP) is 8.01. The highest BCUT2D eigenvalue weighted by molar-refractivity contribution is 6.42. The molecule has 0 saturated heterocycles. The lowest BCUT2D eigenvalue weighted by atomic mass is 9.81. The van der Waals surface area contributed by atoms with Crippen LogP contribution in [0.25, 0.3) is 0 Å². The first-order chi connectivity index (χ1) is 19.0. The molecule has 208 valence electrons. The second-order valence-electron chi connectivity index (χ2n) is 10.8.